The Morgan fingerprint density at radius 2 is 1.73 bits per heavy atom. The molecule has 0 radical (unpaired) electrons. The van der Waals surface area contributed by atoms with Gasteiger partial charge in [0.1, 0.15) is 0 Å². The third kappa shape index (κ3) is 4.15. The lowest BCUT2D eigenvalue weighted by Gasteiger charge is -2.30. The van der Waals surface area contributed by atoms with Crippen LogP contribution in [0.15, 0.2) is 42.5 Å². The van der Waals surface area contributed by atoms with E-state index in [2.05, 4.69) is 15.0 Å². The number of halogens is 1. The lowest BCUT2D eigenvalue weighted by Crippen LogP contribution is -2.36. The minimum atomic E-state index is -0.443. The Bertz CT molecular complexity index is 802. The molecular formula is C19H19ClN2O4. The molecule has 1 fully saturated rings. The van der Waals surface area contributed by atoms with Crippen molar-refractivity contribution in [2.24, 2.45) is 0 Å². The number of hydrogen-bond donors (Lipinski definition) is 1. The highest BCUT2D eigenvalue weighted by Crippen LogP contribution is 2.30. The van der Waals surface area contributed by atoms with Gasteiger partial charge in [-0.25, -0.2) is 4.79 Å². The summed E-state index contributed by atoms with van der Waals surface area (Å²) in [6, 6.07) is 11.7. The summed E-state index contributed by atoms with van der Waals surface area (Å²) >= 11 is 6.11. The van der Waals surface area contributed by atoms with Gasteiger partial charge < -0.3 is 19.7 Å². The molecule has 1 aliphatic heterocycles. The van der Waals surface area contributed by atoms with Gasteiger partial charge in [0.2, 0.25) is 0 Å². The lowest BCUT2D eigenvalue weighted by atomic mass is 10.1. The Labute approximate surface area is 156 Å². The molecule has 1 amide bonds. The van der Waals surface area contributed by atoms with E-state index in [-0.39, 0.29) is 5.91 Å². The van der Waals surface area contributed by atoms with Gasteiger partial charge in [0.25, 0.3) is 5.91 Å². The number of methoxy groups -OCH3 is 1. The van der Waals surface area contributed by atoms with Crippen LogP contribution in [0.3, 0.4) is 0 Å². The highest BCUT2D eigenvalue weighted by Gasteiger charge is 2.17. The number of esters is 1. The molecule has 1 aliphatic rings. The van der Waals surface area contributed by atoms with Crippen LogP contribution in [0.25, 0.3) is 0 Å². The summed E-state index contributed by atoms with van der Waals surface area (Å²) in [5.41, 5.74) is 2.37. The van der Waals surface area contributed by atoms with E-state index in [4.69, 9.17) is 16.3 Å². The first-order chi connectivity index (χ1) is 12.6. The minimum absolute atomic E-state index is 0.279. The number of amides is 1. The molecule has 1 saturated heterocycles. The summed E-state index contributed by atoms with van der Waals surface area (Å²) < 4.78 is 10.0. The number of benzene rings is 2. The van der Waals surface area contributed by atoms with Crippen molar-refractivity contribution in [3.63, 3.8) is 0 Å². The number of ether oxygens (including phenoxy) is 2. The molecule has 0 unspecified atom stereocenters. The molecule has 6 nitrogen and oxygen atoms in total. The van der Waals surface area contributed by atoms with Crippen LogP contribution in [0.1, 0.15) is 20.7 Å². The fourth-order valence-corrected chi connectivity index (χ4v) is 2.93. The summed E-state index contributed by atoms with van der Waals surface area (Å²) in [5.74, 6) is -0.723. The molecule has 0 aromatic heterocycles. The van der Waals surface area contributed by atoms with Crippen molar-refractivity contribution in [2.45, 2.75) is 0 Å². The molecule has 0 spiro atoms. The molecule has 0 saturated carbocycles. The van der Waals surface area contributed by atoms with Crippen LogP contribution < -0.4 is 10.2 Å². The standard InChI is InChI=1S/C19H19ClN2O4/c1-25-19(24)14-4-2-13(3-5-14)18(23)21-16-12-15(20)6-7-17(16)22-8-10-26-11-9-22/h2-7,12H,8-11H2,1H3,(H,21,23). The Kier molecular flexibility index (Phi) is 5.75. The second-order valence-electron chi connectivity index (χ2n) is 5.78. The molecule has 2 aromatic carbocycles. The predicted molar refractivity (Wildman–Crippen MR) is 100 cm³/mol. The van der Waals surface area contributed by atoms with Gasteiger partial charge in [-0.05, 0) is 42.5 Å². The molecule has 26 heavy (non-hydrogen) atoms. The van der Waals surface area contributed by atoms with E-state index in [1.54, 1.807) is 36.4 Å². The van der Waals surface area contributed by atoms with Crippen molar-refractivity contribution in [1.82, 2.24) is 0 Å². The summed E-state index contributed by atoms with van der Waals surface area (Å²) in [6.07, 6.45) is 0. The van der Waals surface area contributed by atoms with Crippen LogP contribution >= 0.6 is 11.6 Å². The van der Waals surface area contributed by atoms with Crippen LogP contribution in [0, 0.1) is 0 Å². The average molecular weight is 375 g/mol. The molecule has 0 aliphatic carbocycles. The molecule has 7 heteroatoms. The zero-order valence-electron chi connectivity index (χ0n) is 14.3. The fourth-order valence-electron chi connectivity index (χ4n) is 2.76. The third-order valence-corrected chi connectivity index (χ3v) is 4.36. The molecule has 136 valence electrons. The summed E-state index contributed by atoms with van der Waals surface area (Å²) in [6.45, 7) is 2.78. The number of anilines is 2. The predicted octanol–water partition coefficient (Wildman–Crippen LogP) is 3.22. The topological polar surface area (TPSA) is 67.9 Å². The van der Waals surface area contributed by atoms with E-state index < -0.39 is 5.97 Å². The number of hydrogen-bond acceptors (Lipinski definition) is 5. The van der Waals surface area contributed by atoms with E-state index in [0.717, 1.165) is 18.8 Å². The maximum absolute atomic E-state index is 12.6. The second-order valence-corrected chi connectivity index (χ2v) is 6.22. The Morgan fingerprint density at radius 1 is 1.08 bits per heavy atom. The van der Waals surface area contributed by atoms with Crippen LogP contribution in [0.2, 0.25) is 5.02 Å². The van der Waals surface area contributed by atoms with E-state index in [9.17, 15) is 9.59 Å². The summed E-state index contributed by atoms with van der Waals surface area (Å²) in [7, 11) is 1.31. The van der Waals surface area contributed by atoms with Crippen LogP contribution in [-0.2, 0) is 9.47 Å². The monoisotopic (exact) mass is 374 g/mol. The normalized spacial score (nSPS) is 14.0. The molecule has 3 rings (SSSR count). The van der Waals surface area contributed by atoms with Crippen LogP contribution in [0.5, 0.6) is 0 Å². The fraction of sp³-hybridized carbons (Fsp3) is 0.263. The first-order valence-corrected chi connectivity index (χ1v) is 8.58. The van der Waals surface area contributed by atoms with Gasteiger partial charge >= 0.3 is 5.97 Å². The molecule has 1 heterocycles. The zero-order valence-corrected chi connectivity index (χ0v) is 15.1. The SMILES string of the molecule is COC(=O)c1ccc(C(=O)Nc2cc(Cl)ccc2N2CCOCC2)cc1. The maximum Gasteiger partial charge on any atom is 0.337 e. The Balaban J connectivity index is 1.80. The smallest absolute Gasteiger partial charge is 0.337 e. The Morgan fingerprint density at radius 3 is 2.38 bits per heavy atom. The largest absolute Gasteiger partial charge is 0.465 e. The average Bonchev–Trinajstić information content (AvgIpc) is 2.68. The van der Waals surface area contributed by atoms with Gasteiger partial charge in [0.15, 0.2) is 0 Å². The van der Waals surface area contributed by atoms with E-state index in [0.29, 0.717) is 35.1 Å². The number of rotatable bonds is 4. The van der Waals surface area contributed by atoms with Gasteiger partial charge in [-0.3, -0.25) is 4.79 Å². The van der Waals surface area contributed by atoms with Crippen molar-refractivity contribution < 1.29 is 19.1 Å². The number of morpholine rings is 1. The quantitative estimate of drug-likeness (QED) is 0.832. The molecule has 2 aromatic rings. The minimum Gasteiger partial charge on any atom is -0.465 e. The second kappa shape index (κ2) is 8.21. The number of carbonyl (C=O) groups is 2. The summed E-state index contributed by atoms with van der Waals surface area (Å²) in [4.78, 5) is 26.2. The van der Waals surface area contributed by atoms with Crippen molar-refractivity contribution in [3.05, 3.63) is 58.6 Å². The number of nitrogens with zero attached hydrogens (tertiary/aromatic N) is 1. The van der Waals surface area contributed by atoms with Gasteiger partial charge in [0, 0.05) is 23.7 Å². The highest BCUT2D eigenvalue weighted by atomic mass is 35.5. The highest BCUT2D eigenvalue weighted by molar-refractivity contribution is 6.31. The first kappa shape index (κ1) is 18.2. The zero-order chi connectivity index (χ0) is 18.5. The van der Waals surface area contributed by atoms with Crippen molar-refractivity contribution in [3.8, 4) is 0 Å². The van der Waals surface area contributed by atoms with Crippen LogP contribution in [-0.4, -0.2) is 45.3 Å². The van der Waals surface area contributed by atoms with Crippen molar-refractivity contribution >= 4 is 34.9 Å². The van der Waals surface area contributed by atoms with E-state index in [1.807, 2.05) is 6.07 Å². The van der Waals surface area contributed by atoms with Gasteiger partial charge in [-0.15, -0.1) is 0 Å². The lowest BCUT2D eigenvalue weighted by molar-refractivity contribution is 0.0600. The number of nitrogens with one attached hydrogen (secondary N) is 1. The van der Waals surface area contributed by atoms with Crippen molar-refractivity contribution in [1.29, 1.82) is 0 Å². The Hall–Kier alpha value is -2.57. The van der Waals surface area contributed by atoms with E-state index in [1.165, 1.54) is 7.11 Å². The first-order valence-electron chi connectivity index (χ1n) is 8.20. The van der Waals surface area contributed by atoms with Gasteiger partial charge in [0.05, 0.1) is 37.3 Å². The molecular weight excluding hydrogens is 356 g/mol. The van der Waals surface area contributed by atoms with Gasteiger partial charge in [-0.1, -0.05) is 11.6 Å². The van der Waals surface area contributed by atoms with Crippen molar-refractivity contribution in [2.75, 3.05) is 43.6 Å². The van der Waals surface area contributed by atoms with Crippen LogP contribution in [0.4, 0.5) is 11.4 Å². The number of carbonyl (C=O) groups excluding carboxylic acids is 2. The maximum atomic E-state index is 12.6. The molecule has 0 bridgehead atoms. The third-order valence-electron chi connectivity index (χ3n) is 4.13. The van der Waals surface area contributed by atoms with E-state index >= 15 is 0 Å². The molecule has 0 atom stereocenters. The molecule has 1 N–H and O–H groups in total. The van der Waals surface area contributed by atoms with Gasteiger partial charge in [-0.2, -0.15) is 0 Å². The summed E-state index contributed by atoms with van der Waals surface area (Å²) in [5, 5.41) is 3.45.